The van der Waals surface area contributed by atoms with Crippen LogP contribution in [-0.4, -0.2) is 16.1 Å². The van der Waals surface area contributed by atoms with Crippen molar-refractivity contribution in [2.45, 2.75) is 5.03 Å². The smallest absolute Gasteiger partial charge is 0.392 e. The molecular weight excluding hydrogens is 142 g/mol. The third-order valence-electron chi connectivity index (χ3n) is 0.675. The van der Waals surface area contributed by atoms with Crippen LogP contribution in [-0.2, 0) is 0 Å². The molecule has 1 heterocycles. The molecule has 1 aromatic rings. The molecule has 48 valence electrons. The number of carbonyl (C=O) groups is 1. The Morgan fingerprint density at radius 1 is 1.89 bits per heavy atom. The van der Waals surface area contributed by atoms with Crippen LogP contribution in [0.25, 0.3) is 0 Å². The van der Waals surface area contributed by atoms with Crippen molar-refractivity contribution in [1.82, 2.24) is 4.98 Å². The van der Waals surface area contributed by atoms with E-state index in [1.54, 1.807) is 0 Å². The van der Waals surface area contributed by atoms with Gasteiger partial charge in [0.2, 0.25) is 0 Å². The average Bonchev–Trinajstić information content (AvgIpc) is 2.14. The molecule has 0 radical (unpaired) electrons. The molecule has 1 rings (SSSR count). The fourth-order valence-corrected chi connectivity index (χ4v) is 0.507. The second-order valence-corrected chi connectivity index (χ2v) is 1.77. The fraction of sp³-hybridized carbons (Fsp3) is 0. The van der Waals surface area contributed by atoms with Crippen LogP contribution < -0.4 is 0 Å². The zero-order valence-corrected chi connectivity index (χ0v) is 5.13. The van der Waals surface area contributed by atoms with Crippen molar-refractivity contribution >= 4 is 18.6 Å². The number of nitrogens with zero attached hydrogens (tertiary/aromatic N) is 1. The average molecular weight is 145 g/mol. The number of hydrogen-bond acceptors (Lipinski definition) is 4. The fourth-order valence-electron chi connectivity index (χ4n) is 0.363. The van der Waals surface area contributed by atoms with Gasteiger partial charge in [-0.25, -0.2) is 4.79 Å². The summed E-state index contributed by atoms with van der Waals surface area (Å²) in [5.41, 5.74) is 0. The molecule has 0 spiro atoms. The summed E-state index contributed by atoms with van der Waals surface area (Å²) < 4.78 is 4.44. The largest absolute Gasteiger partial charge is 0.474 e. The van der Waals surface area contributed by atoms with E-state index < -0.39 is 5.97 Å². The van der Waals surface area contributed by atoms with Crippen LogP contribution in [0.3, 0.4) is 0 Å². The van der Waals surface area contributed by atoms with Crippen LogP contribution in [0, 0.1) is 0 Å². The molecule has 1 N–H and O–H groups in total. The molecule has 0 amide bonds. The Bertz CT molecular complexity index is 231. The van der Waals surface area contributed by atoms with Gasteiger partial charge < -0.3 is 9.52 Å². The van der Waals surface area contributed by atoms with E-state index in [0.29, 0.717) is 0 Å². The van der Waals surface area contributed by atoms with Gasteiger partial charge in [0.25, 0.3) is 0 Å². The number of aromatic nitrogens is 1. The van der Waals surface area contributed by atoms with Crippen molar-refractivity contribution in [2.24, 2.45) is 0 Å². The topological polar surface area (TPSA) is 63.3 Å². The minimum atomic E-state index is -1.18. The second kappa shape index (κ2) is 2.10. The zero-order valence-electron chi connectivity index (χ0n) is 4.24. The molecule has 0 unspecified atom stereocenters. The van der Waals surface area contributed by atoms with Gasteiger partial charge in [0.1, 0.15) is 11.3 Å². The molecular formula is C4H3NO3S. The van der Waals surface area contributed by atoms with Gasteiger partial charge in [0.15, 0.2) is 0 Å². The Morgan fingerprint density at radius 2 is 2.56 bits per heavy atom. The molecule has 9 heavy (non-hydrogen) atoms. The van der Waals surface area contributed by atoms with Gasteiger partial charge >= 0.3 is 11.9 Å². The van der Waals surface area contributed by atoms with E-state index in [0.717, 1.165) is 6.26 Å². The summed E-state index contributed by atoms with van der Waals surface area (Å²) in [7, 11) is 0. The van der Waals surface area contributed by atoms with Crippen LogP contribution in [0.5, 0.6) is 0 Å². The molecule has 4 nitrogen and oxygen atoms in total. The first-order chi connectivity index (χ1) is 4.20. The lowest BCUT2D eigenvalue weighted by molar-refractivity contribution is 0.0653. The maximum atomic E-state index is 10.0. The van der Waals surface area contributed by atoms with Gasteiger partial charge in [-0.3, -0.25) is 0 Å². The Balaban J connectivity index is 2.98. The third-order valence-corrected chi connectivity index (χ3v) is 0.880. The predicted molar refractivity (Wildman–Crippen MR) is 30.7 cm³/mol. The first-order valence-corrected chi connectivity index (χ1v) is 2.52. The molecule has 0 bridgehead atoms. The number of oxazole rings is 1. The summed E-state index contributed by atoms with van der Waals surface area (Å²) in [6.07, 6.45) is 1.16. The molecule has 0 fully saturated rings. The van der Waals surface area contributed by atoms with Crippen molar-refractivity contribution < 1.29 is 14.3 Å². The Labute approximate surface area is 55.9 Å². The number of thiol groups is 1. The number of aromatic carboxylic acids is 1. The minimum absolute atomic E-state index is 0.271. The number of carboxylic acid groups (broad SMARTS) is 1. The van der Waals surface area contributed by atoms with E-state index in [-0.39, 0.29) is 10.9 Å². The first-order valence-electron chi connectivity index (χ1n) is 2.08. The summed E-state index contributed by atoms with van der Waals surface area (Å²) in [5, 5.41) is 8.48. The normalized spacial score (nSPS) is 9.44. The molecule has 0 aliphatic heterocycles. The second-order valence-electron chi connectivity index (χ2n) is 1.32. The molecule has 0 aliphatic rings. The lowest BCUT2D eigenvalue weighted by Crippen LogP contribution is -1.94. The van der Waals surface area contributed by atoms with E-state index in [4.69, 9.17) is 5.11 Å². The van der Waals surface area contributed by atoms with E-state index in [2.05, 4.69) is 22.0 Å². The van der Waals surface area contributed by atoms with Gasteiger partial charge in [-0.05, 0) is 0 Å². The van der Waals surface area contributed by atoms with Crippen LogP contribution >= 0.6 is 12.6 Å². The van der Waals surface area contributed by atoms with E-state index in [1.165, 1.54) is 0 Å². The van der Waals surface area contributed by atoms with Gasteiger partial charge in [0.05, 0.1) is 0 Å². The van der Waals surface area contributed by atoms with Crippen LogP contribution in [0.4, 0.5) is 0 Å². The summed E-state index contributed by atoms with van der Waals surface area (Å²) in [5.74, 6) is -1.52. The van der Waals surface area contributed by atoms with E-state index in [1.807, 2.05) is 0 Å². The number of rotatable bonds is 1. The van der Waals surface area contributed by atoms with Crippen LogP contribution in [0.2, 0.25) is 0 Å². The lowest BCUT2D eigenvalue weighted by atomic mass is 10.7. The molecule has 0 aliphatic carbocycles. The van der Waals surface area contributed by atoms with Crippen molar-refractivity contribution in [1.29, 1.82) is 0 Å². The SMILES string of the molecule is O=C(O)c1nc(S)co1. The quantitative estimate of drug-likeness (QED) is 0.570. The highest BCUT2D eigenvalue weighted by molar-refractivity contribution is 7.80. The van der Waals surface area contributed by atoms with Gasteiger partial charge in [-0.15, -0.1) is 12.6 Å². The Kier molecular flexibility index (Phi) is 1.44. The maximum Gasteiger partial charge on any atom is 0.392 e. The lowest BCUT2D eigenvalue weighted by Gasteiger charge is -1.77. The van der Waals surface area contributed by atoms with Gasteiger partial charge in [-0.2, -0.15) is 4.98 Å². The highest BCUT2D eigenvalue weighted by Gasteiger charge is 2.07. The Hall–Kier alpha value is -0.970. The standard InChI is InChI=1S/C4H3NO3S/c6-4(7)3-5-2(9)1-8-3/h1,9H,(H,6,7). The molecule has 0 atom stereocenters. The molecule has 1 aromatic heterocycles. The molecule has 0 aromatic carbocycles. The van der Waals surface area contributed by atoms with E-state index >= 15 is 0 Å². The van der Waals surface area contributed by atoms with Gasteiger partial charge in [-0.1, -0.05) is 0 Å². The van der Waals surface area contributed by atoms with Crippen LogP contribution in [0.1, 0.15) is 10.7 Å². The minimum Gasteiger partial charge on any atom is -0.474 e. The number of hydrogen-bond donors (Lipinski definition) is 2. The Morgan fingerprint density at radius 3 is 2.78 bits per heavy atom. The molecule has 0 saturated heterocycles. The van der Waals surface area contributed by atoms with Crippen molar-refractivity contribution in [2.75, 3.05) is 0 Å². The summed E-state index contributed by atoms with van der Waals surface area (Å²) in [4.78, 5) is 13.4. The monoisotopic (exact) mass is 145 g/mol. The van der Waals surface area contributed by atoms with E-state index in [9.17, 15) is 4.79 Å². The third kappa shape index (κ3) is 1.23. The maximum absolute atomic E-state index is 10.0. The van der Waals surface area contributed by atoms with Crippen molar-refractivity contribution in [3.63, 3.8) is 0 Å². The highest BCUT2D eigenvalue weighted by Crippen LogP contribution is 2.04. The van der Waals surface area contributed by atoms with Crippen LogP contribution in [0.15, 0.2) is 15.7 Å². The molecule has 5 heteroatoms. The number of carboxylic acids is 1. The highest BCUT2D eigenvalue weighted by atomic mass is 32.1. The summed E-state index contributed by atoms with van der Waals surface area (Å²) in [6.45, 7) is 0. The van der Waals surface area contributed by atoms with Gasteiger partial charge in [0, 0.05) is 0 Å². The zero-order chi connectivity index (χ0) is 6.85. The summed E-state index contributed by atoms with van der Waals surface area (Å²) >= 11 is 3.73. The summed E-state index contributed by atoms with van der Waals surface area (Å²) in [6, 6.07) is 0. The predicted octanol–water partition coefficient (Wildman–Crippen LogP) is 0.661. The first kappa shape index (κ1) is 6.15. The molecule has 0 saturated carbocycles. The van der Waals surface area contributed by atoms with Crippen molar-refractivity contribution in [3.05, 3.63) is 12.2 Å². The van der Waals surface area contributed by atoms with Crippen molar-refractivity contribution in [3.8, 4) is 0 Å².